The van der Waals surface area contributed by atoms with Gasteiger partial charge in [-0.1, -0.05) is 182 Å². The fourth-order valence-electron chi connectivity index (χ4n) is 6.96. The third-order valence-corrected chi connectivity index (χ3v) is 19.6. The average Bonchev–Trinajstić information content (AvgIpc) is 3.56. The van der Waals surface area contributed by atoms with E-state index in [1.807, 2.05) is 6.33 Å². The molecule has 0 N–H and O–H groups in total. The van der Waals surface area contributed by atoms with Crippen LogP contribution in [0.1, 0.15) is 0 Å². The highest BCUT2D eigenvalue weighted by atomic mass is 28.4. The quantitative estimate of drug-likeness (QED) is 0.176. The Morgan fingerprint density at radius 3 is 0.844 bits per heavy atom. The van der Waals surface area contributed by atoms with Crippen LogP contribution in [0.15, 0.2) is 195 Å². The van der Waals surface area contributed by atoms with Gasteiger partial charge in [-0.2, -0.15) is 0 Å². The van der Waals surface area contributed by atoms with Crippen molar-refractivity contribution in [1.82, 2.24) is 9.55 Å². The predicted molar refractivity (Wildman–Crippen MR) is 194 cm³/mol. The van der Waals surface area contributed by atoms with Gasteiger partial charge in [-0.25, -0.2) is 4.98 Å². The van der Waals surface area contributed by atoms with Crippen molar-refractivity contribution in [3.8, 4) is 0 Å². The lowest BCUT2D eigenvalue weighted by atomic mass is 10.3. The van der Waals surface area contributed by atoms with Crippen LogP contribution in [0.3, 0.4) is 0 Å². The largest absolute Gasteiger partial charge is 0.386 e. The Hall–Kier alpha value is -5.24. The number of aryl methyl sites for hydroxylation is 1. The van der Waals surface area contributed by atoms with Crippen molar-refractivity contribution < 1.29 is 0 Å². The van der Waals surface area contributed by atoms with E-state index < -0.39 is 16.5 Å². The van der Waals surface area contributed by atoms with Gasteiger partial charge in [0.2, 0.25) is 16.5 Å². The zero-order valence-corrected chi connectivity index (χ0v) is 27.3. The van der Waals surface area contributed by atoms with E-state index in [9.17, 15) is 0 Å². The molecule has 0 atom stereocenters. The molecule has 0 amide bonds. The Balaban J connectivity index is 1.77. The molecular formula is C40H35N3Si2. The summed E-state index contributed by atoms with van der Waals surface area (Å²) in [5, 5.41) is 7.88. The molecule has 0 bridgehead atoms. The van der Waals surface area contributed by atoms with Crippen LogP contribution in [0.25, 0.3) is 0 Å². The third-order valence-electron chi connectivity index (χ3n) is 8.74. The summed E-state index contributed by atoms with van der Waals surface area (Å²) >= 11 is 0. The maximum atomic E-state index is 5.26. The molecule has 3 nitrogen and oxygen atoms in total. The molecule has 218 valence electrons. The second-order valence-corrected chi connectivity index (χ2v) is 19.0. The molecule has 7 aromatic rings. The molecule has 0 aliphatic rings. The summed E-state index contributed by atoms with van der Waals surface area (Å²) in [5.41, 5.74) is 0. The van der Waals surface area contributed by atoms with E-state index in [-0.39, 0.29) is 0 Å². The molecule has 0 aliphatic carbocycles. The van der Waals surface area contributed by atoms with Gasteiger partial charge in [0.25, 0.3) is 0 Å². The van der Waals surface area contributed by atoms with Gasteiger partial charge in [0.15, 0.2) is 0 Å². The van der Waals surface area contributed by atoms with Crippen molar-refractivity contribution in [1.29, 1.82) is 0 Å². The van der Waals surface area contributed by atoms with Crippen molar-refractivity contribution in [2.75, 3.05) is 4.23 Å². The summed E-state index contributed by atoms with van der Waals surface area (Å²) in [6.45, 7) is 0. The summed E-state index contributed by atoms with van der Waals surface area (Å²) in [6.07, 6.45) is 4.16. The molecule has 6 aromatic carbocycles. The zero-order chi connectivity index (χ0) is 30.5. The van der Waals surface area contributed by atoms with Gasteiger partial charge < -0.3 is 8.80 Å². The van der Waals surface area contributed by atoms with Crippen LogP contribution >= 0.6 is 0 Å². The van der Waals surface area contributed by atoms with E-state index in [0.29, 0.717) is 0 Å². The van der Waals surface area contributed by atoms with E-state index in [2.05, 4.69) is 204 Å². The van der Waals surface area contributed by atoms with Crippen molar-refractivity contribution in [2.45, 2.75) is 0 Å². The molecule has 5 heteroatoms. The minimum atomic E-state index is -3.15. The molecule has 0 unspecified atom stereocenters. The first-order chi connectivity index (χ1) is 22.3. The summed E-state index contributed by atoms with van der Waals surface area (Å²) in [6, 6.07) is 67.1. The highest BCUT2D eigenvalue weighted by Gasteiger charge is 2.58. The van der Waals surface area contributed by atoms with E-state index in [4.69, 9.17) is 4.98 Å². The fraction of sp³-hybridized carbons (Fsp3) is 0.0250. The second-order valence-electron chi connectivity index (χ2n) is 11.3. The molecule has 0 saturated carbocycles. The number of imidazole rings is 1. The second kappa shape index (κ2) is 12.4. The van der Waals surface area contributed by atoms with Gasteiger partial charge in [-0.05, 0) is 31.1 Å². The minimum Gasteiger partial charge on any atom is -0.386 e. The lowest BCUT2D eigenvalue weighted by Gasteiger charge is -2.54. The average molecular weight is 614 g/mol. The number of hydrogen-bond acceptors (Lipinski definition) is 2. The lowest BCUT2D eigenvalue weighted by Crippen LogP contribution is -2.91. The normalized spacial score (nSPS) is 11.7. The first-order valence-electron chi connectivity index (χ1n) is 15.4. The predicted octanol–water partition coefficient (Wildman–Crippen LogP) is 4.56. The minimum absolute atomic E-state index is 0.976. The summed E-state index contributed by atoms with van der Waals surface area (Å²) in [7, 11) is -4.22. The number of hydrogen-bond donors (Lipinski definition) is 0. The molecule has 45 heavy (non-hydrogen) atoms. The van der Waals surface area contributed by atoms with E-state index in [1.54, 1.807) is 0 Å². The van der Waals surface area contributed by atoms with Crippen molar-refractivity contribution in [3.63, 3.8) is 0 Å². The molecule has 1 heterocycles. The first kappa shape index (κ1) is 28.5. The number of nitrogens with zero attached hydrogens (tertiary/aromatic N) is 3. The SMILES string of the molecule is Cn1cnc(N([Si](c2ccccc2)(c2ccccc2)c2ccccc2)[Si](c2ccccc2)(c2ccccc2)c2ccccc2)c1. The Kier molecular flexibility index (Phi) is 7.86. The van der Waals surface area contributed by atoms with E-state index in [0.717, 1.165) is 5.82 Å². The number of aromatic nitrogens is 2. The topological polar surface area (TPSA) is 21.1 Å². The summed E-state index contributed by atoms with van der Waals surface area (Å²) in [5.74, 6) is 0.976. The zero-order valence-electron chi connectivity index (χ0n) is 25.3. The van der Waals surface area contributed by atoms with Crippen LogP contribution in [0.5, 0.6) is 0 Å². The van der Waals surface area contributed by atoms with Crippen LogP contribution in [0.2, 0.25) is 0 Å². The Morgan fingerprint density at radius 1 is 0.400 bits per heavy atom. The Morgan fingerprint density at radius 2 is 0.644 bits per heavy atom. The maximum Gasteiger partial charge on any atom is 0.247 e. The number of anilines is 1. The standard InChI is InChI=1S/C40H35N3Si2/c1-42-32-40(41-33-42)43(44(34-20-8-2-9-21-34,35-22-10-3-11-23-35)36-24-12-4-13-25-36)45(37-26-14-5-15-27-37,38-28-16-6-17-29-38)39-30-18-7-19-31-39/h2-33H,1H3. The molecule has 0 fully saturated rings. The van der Waals surface area contributed by atoms with Gasteiger partial charge in [0.1, 0.15) is 5.82 Å². The van der Waals surface area contributed by atoms with Crippen molar-refractivity contribution in [3.05, 3.63) is 195 Å². The van der Waals surface area contributed by atoms with Gasteiger partial charge in [-0.3, -0.25) is 0 Å². The highest BCUT2D eigenvalue weighted by molar-refractivity contribution is 7.29. The molecule has 0 saturated heterocycles. The van der Waals surface area contributed by atoms with Gasteiger partial charge in [-0.15, -0.1) is 0 Å². The summed E-state index contributed by atoms with van der Waals surface area (Å²) < 4.78 is 4.93. The van der Waals surface area contributed by atoms with Gasteiger partial charge in [0, 0.05) is 13.2 Å². The fourth-order valence-corrected chi connectivity index (χ4v) is 19.8. The molecule has 0 aliphatic heterocycles. The van der Waals surface area contributed by atoms with Crippen LogP contribution in [-0.4, -0.2) is 26.0 Å². The Labute approximate surface area is 267 Å². The van der Waals surface area contributed by atoms with Crippen LogP contribution in [-0.2, 0) is 7.05 Å². The van der Waals surface area contributed by atoms with Crippen LogP contribution < -0.4 is 35.4 Å². The molecule has 0 radical (unpaired) electrons. The van der Waals surface area contributed by atoms with E-state index in [1.165, 1.54) is 31.1 Å². The molecule has 7 rings (SSSR count). The van der Waals surface area contributed by atoms with Gasteiger partial charge >= 0.3 is 0 Å². The number of benzene rings is 6. The molecular weight excluding hydrogens is 579 g/mol. The Bertz CT molecular complexity index is 1630. The van der Waals surface area contributed by atoms with Crippen LogP contribution in [0, 0.1) is 0 Å². The smallest absolute Gasteiger partial charge is 0.247 e. The van der Waals surface area contributed by atoms with Gasteiger partial charge in [0.05, 0.1) is 6.33 Å². The monoisotopic (exact) mass is 613 g/mol. The maximum absolute atomic E-state index is 5.26. The van der Waals surface area contributed by atoms with Crippen molar-refractivity contribution in [2.24, 2.45) is 7.05 Å². The van der Waals surface area contributed by atoms with Crippen LogP contribution in [0.4, 0.5) is 5.82 Å². The summed E-state index contributed by atoms with van der Waals surface area (Å²) in [4.78, 5) is 5.26. The first-order valence-corrected chi connectivity index (χ1v) is 19.3. The molecule has 1 aromatic heterocycles. The number of rotatable bonds is 9. The molecule has 0 spiro atoms. The lowest BCUT2D eigenvalue weighted by molar-refractivity contribution is 0.913. The van der Waals surface area contributed by atoms with Crippen molar-refractivity contribution >= 4 is 53.4 Å². The third kappa shape index (κ3) is 4.87. The van der Waals surface area contributed by atoms with E-state index >= 15 is 0 Å². The highest BCUT2D eigenvalue weighted by Crippen LogP contribution is 2.28.